The Kier molecular flexibility index (Phi) is 4.46. The van der Waals surface area contributed by atoms with Gasteiger partial charge in [-0.2, -0.15) is 0 Å². The van der Waals surface area contributed by atoms with Crippen LogP contribution in [0.1, 0.15) is 34.1 Å². The summed E-state index contributed by atoms with van der Waals surface area (Å²) in [4.78, 5) is 32.9. The Hall–Kier alpha value is -0.883. The molecule has 0 aliphatic carbocycles. The minimum atomic E-state index is -2.30. The zero-order valence-corrected chi connectivity index (χ0v) is 13.6. The van der Waals surface area contributed by atoms with E-state index in [2.05, 4.69) is 5.32 Å². The average molecular weight is 287 g/mol. The fourth-order valence-corrected chi connectivity index (χ4v) is 3.21. The fourth-order valence-electron chi connectivity index (χ4n) is 2.39. The zero-order valence-electron chi connectivity index (χ0n) is 12.6. The van der Waals surface area contributed by atoms with Gasteiger partial charge in [0.1, 0.15) is 0 Å². The Morgan fingerprint density at radius 2 is 2.05 bits per heavy atom. The molecule has 1 saturated heterocycles. The summed E-state index contributed by atoms with van der Waals surface area (Å²) in [5.74, 6) is -0.711. The highest BCUT2D eigenvalue weighted by atomic mass is 28.4. The van der Waals surface area contributed by atoms with Gasteiger partial charge in [-0.3, -0.25) is 9.59 Å². The van der Waals surface area contributed by atoms with Gasteiger partial charge in [0.15, 0.2) is 14.5 Å². The number of carbonyl (C=O) groups is 2. The van der Waals surface area contributed by atoms with Crippen molar-refractivity contribution >= 4 is 20.2 Å². The van der Waals surface area contributed by atoms with E-state index in [-0.39, 0.29) is 22.8 Å². The standard InChI is InChI=1S/C13H25NO4Si/c1-8(7-13(3,4)19(5,6)17)10-11(16)14-12(10)18-9(2)15/h8,10,12,17H,7H2,1-6H3,(H,14,16)/t8-,10-,12?/m0/s1. The van der Waals surface area contributed by atoms with Gasteiger partial charge in [-0.25, -0.2) is 0 Å². The molecule has 5 nitrogen and oxygen atoms in total. The van der Waals surface area contributed by atoms with Gasteiger partial charge in [-0.05, 0) is 30.5 Å². The Morgan fingerprint density at radius 3 is 2.42 bits per heavy atom. The lowest BCUT2D eigenvalue weighted by Gasteiger charge is -2.43. The molecule has 3 atom stereocenters. The maximum atomic E-state index is 11.6. The molecule has 0 radical (unpaired) electrons. The van der Waals surface area contributed by atoms with Crippen molar-refractivity contribution in [3.8, 4) is 0 Å². The van der Waals surface area contributed by atoms with E-state index >= 15 is 0 Å². The van der Waals surface area contributed by atoms with Crippen molar-refractivity contribution in [3.05, 3.63) is 0 Å². The van der Waals surface area contributed by atoms with E-state index in [1.807, 2.05) is 33.9 Å². The van der Waals surface area contributed by atoms with Crippen molar-refractivity contribution in [3.63, 3.8) is 0 Å². The van der Waals surface area contributed by atoms with Crippen LogP contribution in [-0.2, 0) is 14.3 Å². The van der Waals surface area contributed by atoms with E-state index in [9.17, 15) is 14.4 Å². The van der Waals surface area contributed by atoms with Crippen LogP contribution < -0.4 is 5.32 Å². The van der Waals surface area contributed by atoms with Gasteiger partial charge in [0.05, 0.1) is 5.92 Å². The maximum absolute atomic E-state index is 11.6. The molecule has 1 aliphatic rings. The highest BCUT2D eigenvalue weighted by molar-refractivity contribution is 6.72. The first-order valence-corrected chi connectivity index (χ1v) is 9.60. The number of hydrogen-bond donors (Lipinski definition) is 2. The van der Waals surface area contributed by atoms with E-state index in [1.54, 1.807) is 0 Å². The second-order valence-corrected chi connectivity index (χ2v) is 11.2. The molecular weight excluding hydrogens is 262 g/mol. The van der Waals surface area contributed by atoms with Crippen LogP contribution in [-0.4, -0.2) is 31.2 Å². The molecule has 0 spiro atoms. The van der Waals surface area contributed by atoms with Gasteiger partial charge in [-0.1, -0.05) is 20.8 Å². The van der Waals surface area contributed by atoms with Crippen molar-refractivity contribution < 1.29 is 19.1 Å². The van der Waals surface area contributed by atoms with E-state index in [4.69, 9.17) is 4.74 Å². The van der Waals surface area contributed by atoms with E-state index < -0.39 is 20.5 Å². The summed E-state index contributed by atoms with van der Waals surface area (Å²) in [5, 5.41) is 2.41. The average Bonchev–Trinajstić information content (AvgIpc) is 2.12. The minimum Gasteiger partial charge on any atom is -0.441 e. The van der Waals surface area contributed by atoms with E-state index in [0.717, 1.165) is 6.42 Å². The number of nitrogens with one attached hydrogen (secondary N) is 1. The van der Waals surface area contributed by atoms with Crippen molar-refractivity contribution in [1.82, 2.24) is 5.32 Å². The topological polar surface area (TPSA) is 75.6 Å². The molecule has 1 aliphatic heterocycles. The highest BCUT2D eigenvalue weighted by Crippen LogP contribution is 2.44. The summed E-state index contributed by atoms with van der Waals surface area (Å²) in [6.45, 7) is 11.2. The number of carbonyl (C=O) groups excluding carboxylic acids is 2. The molecule has 0 aromatic carbocycles. The molecule has 2 N–H and O–H groups in total. The van der Waals surface area contributed by atoms with Crippen LogP contribution in [0.4, 0.5) is 0 Å². The minimum absolute atomic E-state index is 0.0621. The van der Waals surface area contributed by atoms with Crippen molar-refractivity contribution in [2.75, 3.05) is 0 Å². The maximum Gasteiger partial charge on any atom is 0.304 e. The number of esters is 1. The largest absolute Gasteiger partial charge is 0.441 e. The first-order chi connectivity index (χ1) is 8.45. The third-order valence-corrected chi connectivity index (χ3v) is 7.82. The first-order valence-electron chi connectivity index (χ1n) is 6.65. The van der Waals surface area contributed by atoms with Crippen LogP contribution in [0.5, 0.6) is 0 Å². The number of rotatable bonds is 5. The zero-order chi connectivity index (χ0) is 15.0. The summed E-state index contributed by atoms with van der Waals surface area (Å²) in [5.41, 5.74) is 0. The molecule has 0 aromatic heterocycles. The quantitative estimate of drug-likeness (QED) is 0.458. The van der Waals surface area contributed by atoms with E-state index in [0.29, 0.717) is 0 Å². The van der Waals surface area contributed by atoms with Crippen LogP contribution in [0.3, 0.4) is 0 Å². The molecule has 19 heavy (non-hydrogen) atoms. The second kappa shape index (κ2) is 5.24. The monoisotopic (exact) mass is 287 g/mol. The van der Waals surface area contributed by atoms with E-state index in [1.165, 1.54) is 6.92 Å². The molecule has 0 aromatic rings. The fraction of sp³-hybridized carbons (Fsp3) is 0.846. The number of amides is 1. The summed E-state index contributed by atoms with van der Waals surface area (Å²) < 4.78 is 5.07. The van der Waals surface area contributed by atoms with Crippen LogP contribution in [0.15, 0.2) is 0 Å². The first kappa shape index (κ1) is 16.2. The van der Waals surface area contributed by atoms with Crippen LogP contribution in [0, 0.1) is 11.8 Å². The Morgan fingerprint density at radius 1 is 1.53 bits per heavy atom. The van der Waals surface area contributed by atoms with Gasteiger partial charge < -0.3 is 14.8 Å². The second-order valence-electron chi connectivity index (χ2n) is 6.69. The molecule has 0 bridgehead atoms. The molecule has 6 heteroatoms. The van der Waals surface area contributed by atoms with Crippen LogP contribution in [0.2, 0.25) is 18.1 Å². The predicted octanol–water partition coefficient (Wildman–Crippen LogP) is 1.63. The Bertz CT molecular complexity index is 375. The highest BCUT2D eigenvalue weighted by Gasteiger charge is 2.48. The summed E-state index contributed by atoms with van der Waals surface area (Å²) >= 11 is 0. The molecule has 0 saturated carbocycles. The molecule has 1 rings (SSSR count). The van der Waals surface area contributed by atoms with Gasteiger partial charge in [0.25, 0.3) is 0 Å². The third-order valence-electron chi connectivity index (χ3n) is 4.31. The van der Waals surface area contributed by atoms with Crippen molar-refractivity contribution in [2.24, 2.45) is 11.8 Å². The smallest absolute Gasteiger partial charge is 0.304 e. The SMILES string of the molecule is CC(=O)OC1NC(=O)[C@@H]1[C@@H](C)CC(C)(C)[Si](C)(C)O. The third kappa shape index (κ3) is 3.57. The molecule has 1 unspecified atom stereocenters. The van der Waals surface area contributed by atoms with Gasteiger partial charge >= 0.3 is 5.97 Å². The lowest BCUT2D eigenvalue weighted by Crippen LogP contribution is -2.62. The molecule has 1 amide bonds. The van der Waals surface area contributed by atoms with Gasteiger partial charge in [-0.15, -0.1) is 0 Å². The number of ether oxygens (including phenoxy) is 1. The molecular formula is C13H25NO4Si. The summed E-state index contributed by atoms with van der Waals surface area (Å²) in [6.07, 6.45) is 0.220. The summed E-state index contributed by atoms with van der Waals surface area (Å²) in [7, 11) is -2.30. The molecule has 1 heterocycles. The van der Waals surface area contributed by atoms with Gasteiger partial charge in [0.2, 0.25) is 5.91 Å². The lowest BCUT2D eigenvalue weighted by molar-refractivity contribution is -0.170. The Balaban J connectivity index is 2.69. The molecule has 110 valence electrons. The normalized spacial score (nSPS) is 25.3. The van der Waals surface area contributed by atoms with Crippen LogP contribution in [0.25, 0.3) is 0 Å². The van der Waals surface area contributed by atoms with Crippen LogP contribution >= 0.6 is 0 Å². The van der Waals surface area contributed by atoms with Gasteiger partial charge in [0, 0.05) is 6.92 Å². The summed E-state index contributed by atoms with van der Waals surface area (Å²) in [6, 6.07) is 0. The van der Waals surface area contributed by atoms with Crippen molar-refractivity contribution in [2.45, 2.75) is 58.5 Å². The molecule has 1 fully saturated rings. The van der Waals surface area contributed by atoms with Crippen molar-refractivity contribution in [1.29, 1.82) is 0 Å². The number of β-lactam (4-membered cyclic amide) rings is 1. The lowest BCUT2D eigenvalue weighted by atomic mass is 9.80. The predicted molar refractivity (Wildman–Crippen MR) is 74.7 cm³/mol. The number of hydrogen-bond acceptors (Lipinski definition) is 4. The Labute approximate surface area is 115 Å².